The van der Waals surface area contributed by atoms with Gasteiger partial charge in [0.15, 0.2) is 0 Å². The third-order valence-electron chi connectivity index (χ3n) is 2.03. The van der Waals surface area contributed by atoms with E-state index in [1.54, 1.807) is 30.3 Å². The number of aromatic nitrogens is 4. The Hall–Kier alpha value is -2.11. The quantitative estimate of drug-likeness (QED) is 0.761. The predicted molar refractivity (Wildman–Crippen MR) is 53.0 cm³/mol. The van der Waals surface area contributed by atoms with Crippen molar-refractivity contribution in [2.24, 2.45) is 0 Å². The first-order chi connectivity index (χ1) is 7.27. The van der Waals surface area contributed by atoms with E-state index in [2.05, 4.69) is 20.2 Å². The van der Waals surface area contributed by atoms with Crippen LogP contribution in [-0.2, 0) is 6.54 Å². The fourth-order valence-corrected chi connectivity index (χ4v) is 1.27. The molecule has 2 rings (SSSR count). The van der Waals surface area contributed by atoms with Gasteiger partial charge in [-0.1, -0.05) is 0 Å². The van der Waals surface area contributed by atoms with Crippen molar-refractivity contribution < 1.29 is 4.79 Å². The first-order valence-electron chi connectivity index (χ1n) is 4.50. The average Bonchev–Trinajstić information content (AvgIpc) is 2.88. The first kappa shape index (κ1) is 9.45. The topological polar surface area (TPSA) is 77.7 Å². The molecule has 2 aromatic rings. The maximum Gasteiger partial charge on any atom is 0.270 e. The Bertz CT molecular complexity index is 419. The molecule has 0 aliphatic rings. The second kappa shape index (κ2) is 3.95. The van der Waals surface area contributed by atoms with Crippen LogP contribution in [0, 0.1) is 0 Å². The summed E-state index contributed by atoms with van der Waals surface area (Å²) < 4.78 is 0. The van der Waals surface area contributed by atoms with Crippen LogP contribution in [0.3, 0.4) is 0 Å². The van der Waals surface area contributed by atoms with E-state index < -0.39 is 0 Å². The maximum absolute atomic E-state index is 11.8. The van der Waals surface area contributed by atoms with Crippen LogP contribution in [0.5, 0.6) is 0 Å². The van der Waals surface area contributed by atoms with Crippen molar-refractivity contribution in [1.29, 1.82) is 0 Å². The molecule has 2 aromatic heterocycles. The largest absolute Gasteiger partial charge is 0.357 e. The molecule has 0 saturated heterocycles. The van der Waals surface area contributed by atoms with Crippen LogP contribution in [-0.4, -0.2) is 38.0 Å². The molecule has 0 atom stereocenters. The standard InChI is InChI=1S/C9H11N5O/c1-14(5-8-11-6-12-13-8)9(15)7-3-2-4-10-7/h2-4,6,10H,5H2,1H3,(H,11,12,13). The van der Waals surface area contributed by atoms with E-state index in [1.807, 2.05) is 0 Å². The molecule has 1 amide bonds. The van der Waals surface area contributed by atoms with Crippen molar-refractivity contribution in [3.05, 3.63) is 36.2 Å². The summed E-state index contributed by atoms with van der Waals surface area (Å²) in [6.07, 6.45) is 3.14. The Kier molecular flexibility index (Phi) is 2.49. The minimum absolute atomic E-state index is 0.0728. The number of aromatic amines is 2. The van der Waals surface area contributed by atoms with Crippen molar-refractivity contribution in [1.82, 2.24) is 25.1 Å². The summed E-state index contributed by atoms with van der Waals surface area (Å²) in [7, 11) is 1.71. The maximum atomic E-state index is 11.8. The molecule has 0 aliphatic carbocycles. The second-order valence-electron chi connectivity index (χ2n) is 3.18. The van der Waals surface area contributed by atoms with Crippen LogP contribution in [0.1, 0.15) is 16.3 Å². The van der Waals surface area contributed by atoms with Crippen molar-refractivity contribution in [3.63, 3.8) is 0 Å². The number of nitrogens with zero attached hydrogens (tertiary/aromatic N) is 3. The summed E-state index contributed by atoms with van der Waals surface area (Å²) in [5.41, 5.74) is 0.567. The van der Waals surface area contributed by atoms with Gasteiger partial charge in [-0.25, -0.2) is 4.98 Å². The fraction of sp³-hybridized carbons (Fsp3) is 0.222. The SMILES string of the molecule is CN(Cc1ncn[nH]1)C(=O)c1ccc[nH]1. The summed E-state index contributed by atoms with van der Waals surface area (Å²) in [5, 5.41) is 6.42. The van der Waals surface area contributed by atoms with E-state index in [4.69, 9.17) is 0 Å². The van der Waals surface area contributed by atoms with Gasteiger partial charge in [-0.05, 0) is 12.1 Å². The molecule has 6 nitrogen and oxygen atoms in total. The fourth-order valence-electron chi connectivity index (χ4n) is 1.27. The Morgan fingerprint density at radius 1 is 1.60 bits per heavy atom. The molecule has 0 radical (unpaired) electrons. The van der Waals surface area contributed by atoms with Gasteiger partial charge in [0.2, 0.25) is 0 Å². The highest BCUT2D eigenvalue weighted by Crippen LogP contribution is 2.02. The monoisotopic (exact) mass is 205 g/mol. The lowest BCUT2D eigenvalue weighted by Gasteiger charge is -2.14. The number of H-pyrrole nitrogens is 2. The molecule has 0 aromatic carbocycles. The van der Waals surface area contributed by atoms with Gasteiger partial charge in [-0.3, -0.25) is 9.89 Å². The summed E-state index contributed by atoms with van der Waals surface area (Å²) in [5.74, 6) is 0.591. The Labute approximate surface area is 86.3 Å². The summed E-state index contributed by atoms with van der Waals surface area (Å²) in [6, 6.07) is 3.52. The molecule has 0 aliphatic heterocycles. The molecule has 0 saturated carbocycles. The second-order valence-corrected chi connectivity index (χ2v) is 3.18. The summed E-state index contributed by atoms with van der Waals surface area (Å²) in [4.78, 5) is 20.1. The van der Waals surface area contributed by atoms with E-state index in [-0.39, 0.29) is 5.91 Å². The van der Waals surface area contributed by atoms with Crippen LogP contribution in [0.4, 0.5) is 0 Å². The Balaban J connectivity index is 2.03. The van der Waals surface area contributed by atoms with Crippen molar-refractivity contribution in [2.45, 2.75) is 6.54 Å². The van der Waals surface area contributed by atoms with E-state index >= 15 is 0 Å². The van der Waals surface area contributed by atoms with Crippen LogP contribution in [0.15, 0.2) is 24.7 Å². The summed E-state index contributed by atoms with van der Waals surface area (Å²) in [6.45, 7) is 0.415. The number of rotatable bonds is 3. The first-order valence-corrected chi connectivity index (χ1v) is 4.50. The molecule has 0 fully saturated rings. The average molecular weight is 205 g/mol. The van der Waals surface area contributed by atoms with Crippen LogP contribution >= 0.6 is 0 Å². The van der Waals surface area contributed by atoms with Crippen molar-refractivity contribution >= 4 is 5.91 Å². The van der Waals surface area contributed by atoms with Gasteiger partial charge in [0, 0.05) is 13.2 Å². The molecule has 78 valence electrons. The minimum Gasteiger partial charge on any atom is -0.357 e. The number of hydrogen-bond donors (Lipinski definition) is 2. The van der Waals surface area contributed by atoms with Gasteiger partial charge >= 0.3 is 0 Å². The number of hydrogen-bond acceptors (Lipinski definition) is 3. The molecule has 15 heavy (non-hydrogen) atoms. The van der Waals surface area contributed by atoms with Gasteiger partial charge in [0.1, 0.15) is 17.8 Å². The molecule has 0 unspecified atom stereocenters. The molecular formula is C9H11N5O. The smallest absolute Gasteiger partial charge is 0.270 e. The molecule has 2 N–H and O–H groups in total. The molecular weight excluding hydrogens is 194 g/mol. The third kappa shape index (κ3) is 2.04. The highest BCUT2D eigenvalue weighted by molar-refractivity contribution is 5.92. The Morgan fingerprint density at radius 2 is 2.47 bits per heavy atom. The number of carbonyl (C=O) groups excluding carboxylic acids is 1. The summed E-state index contributed by atoms with van der Waals surface area (Å²) >= 11 is 0. The third-order valence-corrected chi connectivity index (χ3v) is 2.03. The minimum atomic E-state index is -0.0728. The normalized spacial score (nSPS) is 10.2. The van der Waals surface area contributed by atoms with Crippen LogP contribution in [0.2, 0.25) is 0 Å². The lowest BCUT2D eigenvalue weighted by molar-refractivity contribution is 0.0776. The van der Waals surface area contributed by atoms with Crippen molar-refractivity contribution in [3.8, 4) is 0 Å². The van der Waals surface area contributed by atoms with Crippen molar-refractivity contribution in [2.75, 3.05) is 7.05 Å². The zero-order valence-electron chi connectivity index (χ0n) is 8.27. The van der Waals surface area contributed by atoms with E-state index in [9.17, 15) is 4.79 Å². The zero-order chi connectivity index (χ0) is 10.7. The number of nitrogens with one attached hydrogen (secondary N) is 2. The van der Waals surface area contributed by atoms with E-state index in [1.165, 1.54) is 6.33 Å². The Morgan fingerprint density at radius 3 is 3.07 bits per heavy atom. The number of amides is 1. The molecule has 0 spiro atoms. The van der Waals surface area contributed by atoms with Gasteiger partial charge < -0.3 is 9.88 Å². The predicted octanol–water partition coefficient (Wildman–Crippen LogP) is 0.405. The zero-order valence-corrected chi connectivity index (χ0v) is 8.27. The molecule has 2 heterocycles. The number of carbonyl (C=O) groups is 1. The highest BCUT2D eigenvalue weighted by Gasteiger charge is 2.13. The molecule has 6 heteroatoms. The van der Waals surface area contributed by atoms with Gasteiger partial charge in [0.05, 0.1) is 6.54 Å². The van der Waals surface area contributed by atoms with Gasteiger partial charge in [0.25, 0.3) is 5.91 Å². The van der Waals surface area contributed by atoms with Gasteiger partial charge in [-0.2, -0.15) is 5.10 Å². The lowest BCUT2D eigenvalue weighted by atomic mass is 10.3. The van der Waals surface area contributed by atoms with Crippen LogP contribution in [0.25, 0.3) is 0 Å². The highest BCUT2D eigenvalue weighted by atomic mass is 16.2. The lowest BCUT2D eigenvalue weighted by Crippen LogP contribution is -2.26. The van der Waals surface area contributed by atoms with Gasteiger partial charge in [-0.15, -0.1) is 0 Å². The van der Waals surface area contributed by atoms with E-state index in [0.717, 1.165) is 0 Å². The molecule has 0 bridgehead atoms. The van der Waals surface area contributed by atoms with E-state index in [0.29, 0.717) is 18.1 Å². The van der Waals surface area contributed by atoms with Crippen LogP contribution < -0.4 is 0 Å².